The highest BCUT2D eigenvalue weighted by Gasteiger charge is 2.48. The van der Waals surface area contributed by atoms with Crippen molar-refractivity contribution in [3.63, 3.8) is 0 Å². The summed E-state index contributed by atoms with van der Waals surface area (Å²) in [7, 11) is 3.06. The van der Waals surface area contributed by atoms with Crippen LogP contribution in [-0.4, -0.2) is 47.8 Å². The minimum Gasteiger partial charge on any atom is -0.507 e. The Morgan fingerprint density at radius 2 is 1.75 bits per heavy atom. The number of carbonyl (C=O) groups excluding carboxylic acids is 2. The van der Waals surface area contributed by atoms with Crippen LogP contribution in [0.2, 0.25) is 5.02 Å². The molecule has 4 aromatic rings. The molecule has 2 heterocycles. The number of unbranched alkanes of at least 4 members (excludes halogenated alkanes) is 1. The van der Waals surface area contributed by atoms with E-state index < -0.39 is 17.7 Å². The number of aromatic nitrogens is 2. The fourth-order valence-electron chi connectivity index (χ4n) is 4.63. The van der Waals surface area contributed by atoms with Gasteiger partial charge in [-0.05, 0) is 66.1 Å². The molecule has 0 radical (unpaired) electrons. The summed E-state index contributed by atoms with van der Waals surface area (Å²) in [5, 5.41) is 20.9. The average Bonchev–Trinajstić information content (AvgIpc) is 3.62. The summed E-state index contributed by atoms with van der Waals surface area (Å²) in [6.07, 6.45) is 1.85. The minimum absolute atomic E-state index is 0.0764. The van der Waals surface area contributed by atoms with Crippen LogP contribution >= 0.6 is 34.7 Å². The fourth-order valence-corrected chi connectivity index (χ4v) is 6.58. The lowest BCUT2D eigenvalue weighted by Gasteiger charge is -2.23. The number of hydrogen-bond acceptors (Lipinski definition) is 10. The van der Waals surface area contributed by atoms with Crippen LogP contribution in [-0.2, 0) is 15.3 Å². The second-order valence-corrected chi connectivity index (χ2v) is 12.4. The smallest absolute Gasteiger partial charge is 0.301 e. The number of anilines is 1. The van der Waals surface area contributed by atoms with Crippen LogP contribution in [0.4, 0.5) is 5.13 Å². The number of rotatable bonds is 12. The first kappa shape index (κ1) is 31.4. The molecular weight excluding hydrogens is 622 g/mol. The Labute approximate surface area is 268 Å². The molecule has 3 aromatic carbocycles. The van der Waals surface area contributed by atoms with Crippen molar-refractivity contribution >= 4 is 57.3 Å². The van der Waals surface area contributed by atoms with Crippen molar-refractivity contribution in [2.45, 2.75) is 35.9 Å². The maximum atomic E-state index is 13.6. The molecule has 5 rings (SSSR count). The van der Waals surface area contributed by atoms with E-state index in [1.807, 2.05) is 24.3 Å². The molecule has 1 fully saturated rings. The van der Waals surface area contributed by atoms with Crippen molar-refractivity contribution in [2.75, 3.05) is 25.7 Å². The third-order valence-corrected chi connectivity index (χ3v) is 9.32. The highest BCUT2D eigenvalue weighted by atomic mass is 35.5. The first-order valence-electron chi connectivity index (χ1n) is 13.8. The number of carbonyl (C=O) groups is 2. The Hall–Kier alpha value is -4.06. The predicted octanol–water partition coefficient (Wildman–Crippen LogP) is 7.31. The van der Waals surface area contributed by atoms with E-state index >= 15 is 0 Å². The third kappa shape index (κ3) is 6.69. The molecule has 1 unspecified atom stereocenters. The Kier molecular flexibility index (Phi) is 10.1. The molecule has 0 bridgehead atoms. The average molecular weight is 652 g/mol. The number of aliphatic hydroxyl groups is 1. The van der Waals surface area contributed by atoms with Gasteiger partial charge < -0.3 is 19.3 Å². The molecule has 1 aliphatic heterocycles. The van der Waals surface area contributed by atoms with Gasteiger partial charge in [-0.1, -0.05) is 66.2 Å². The molecule has 1 atom stereocenters. The zero-order valence-corrected chi connectivity index (χ0v) is 26.7. The Morgan fingerprint density at radius 3 is 2.43 bits per heavy atom. The monoisotopic (exact) mass is 651 g/mol. The molecule has 0 saturated carbocycles. The van der Waals surface area contributed by atoms with Crippen molar-refractivity contribution in [1.29, 1.82) is 0 Å². The number of ether oxygens (including phenoxy) is 3. The van der Waals surface area contributed by atoms with Crippen LogP contribution in [0.3, 0.4) is 0 Å². The number of halogens is 1. The lowest BCUT2D eigenvalue weighted by atomic mass is 9.95. The minimum atomic E-state index is -1.00. The van der Waals surface area contributed by atoms with E-state index in [4.69, 9.17) is 25.8 Å². The highest BCUT2D eigenvalue weighted by Crippen LogP contribution is 2.45. The van der Waals surface area contributed by atoms with Gasteiger partial charge in [0.15, 0.2) is 15.8 Å². The van der Waals surface area contributed by atoms with Crippen LogP contribution in [0.25, 0.3) is 5.76 Å². The zero-order chi connectivity index (χ0) is 31.2. The predicted molar refractivity (Wildman–Crippen MR) is 172 cm³/mol. The van der Waals surface area contributed by atoms with Crippen LogP contribution in [0.15, 0.2) is 76.6 Å². The van der Waals surface area contributed by atoms with Gasteiger partial charge in [-0.15, -0.1) is 10.2 Å². The second-order valence-electron chi connectivity index (χ2n) is 9.78. The van der Waals surface area contributed by atoms with E-state index in [0.29, 0.717) is 50.1 Å². The van der Waals surface area contributed by atoms with E-state index in [-0.39, 0.29) is 16.5 Å². The summed E-state index contributed by atoms with van der Waals surface area (Å²) in [5.74, 6) is 0.192. The summed E-state index contributed by atoms with van der Waals surface area (Å²) in [6, 6.07) is 18.3. The Balaban J connectivity index is 1.55. The number of nitrogens with zero attached hydrogens (tertiary/aromatic N) is 3. The molecule has 1 saturated heterocycles. The van der Waals surface area contributed by atoms with E-state index in [9.17, 15) is 14.7 Å². The lowest BCUT2D eigenvalue weighted by Crippen LogP contribution is -2.29. The van der Waals surface area contributed by atoms with Gasteiger partial charge in [0, 0.05) is 16.3 Å². The summed E-state index contributed by atoms with van der Waals surface area (Å²) in [5.41, 5.74) is 1.86. The second kappa shape index (κ2) is 14.1. The van der Waals surface area contributed by atoms with E-state index in [1.165, 1.54) is 42.2 Å². The molecule has 228 valence electrons. The Morgan fingerprint density at radius 1 is 1.00 bits per heavy atom. The van der Waals surface area contributed by atoms with E-state index in [2.05, 4.69) is 17.1 Å². The highest BCUT2D eigenvalue weighted by molar-refractivity contribution is 8.00. The topological polar surface area (TPSA) is 111 Å². The van der Waals surface area contributed by atoms with Gasteiger partial charge in [0.05, 0.1) is 32.4 Å². The number of methoxy groups -OCH3 is 2. The lowest BCUT2D eigenvalue weighted by molar-refractivity contribution is -0.132. The van der Waals surface area contributed by atoms with Crippen LogP contribution in [0, 0.1) is 0 Å². The summed E-state index contributed by atoms with van der Waals surface area (Å²) in [6.45, 7) is 2.59. The first-order chi connectivity index (χ1) is 21.3. The van der Waals surface area contributed by atoms with Crippen molar-refractivity contribution in [2.24, 2.45) is 0 Å². The maximum Gasteiger partial charge on any atom is 0.301 e. The molecule has 12 heteroatoms. The Bertz CT molecular complexity index is 1670. The fraction of sp³-hybridized carbons (Fsp3) is 0.250. The number of ketones is 1. The molecule has 0 spiro atoms. The number of aliphatic hydroxyl groups excluding tert-OH is 1. The van der Waals surface area contributed by atoms with Gasteiger partial charge >= 0.3 is 5.91 Å². The number of amides is 1. The molecule has 44 heavy (non-hydrogen) atoms. The number of benzene rings is 3. The number of Topliss-reactive ketones (excluding diaryl/α,β-unsaturated/α-hetero) is 1. The molecule has 9 nitrogen and oxygen atoms in total. The summed E-state index contributed by atoms with van der Waals surface area (Å²) < 4.78 is 17.4. The molecule has 0 aliphatic carbocycles. The normalized spacial score (nSPS) is 15.9. The number of thioether (sulfide) groups is 1. The first-order valence-corrected chi connectivity index (χ1v) is 16.0. The van der Waals surface area contributed by atoms with Gasteiger partial charge in [0.2, 0.25) is 5.13 Å². The van der Waals surface area contributed by atoms with Crippen molar-refractivity contribution in [1.82, 2.24) is 10.2 Å². The van der Waals surface area contributed by atoms with Crippen LogP contribution < -0.4 is 19.1 Å². The van der Waals surface area contributed by atoms with E-state index in [1.54, 1.807) is 42.5 Å². The molecular formula is C32H30ClN3O6S2. The van der Waals surface area contributed by atoms with E-state index in [0.717, 1.165) is 18.4 Å². The standard InChI is InChI=1S/C32H30ClN3O6S2/c1-4-5-16-42-24-15-10-21(17-25(24)41-3)27-26(28(37)20-8-13-23(40-2)14-9-20)29(38)30(39)36(27)31-34-35-32(44-31)43-18-19-6-11-22(33)12-7-19/h6-15,17,27,37H,4-5,16,18H2,1-3H3/b28-26-. The molecule has 1 amide bonds. The van der Waals surface area contributed by atoms with Crippen LogP contribution in [0.1, 0.15) is 42.5 Å². The van der Waals surface area contributed by atoms with Gasteiger partial charge in [-0.25, -0.2) is 0 Å². The van der Waals surface area contributed by atoms with Crippen molar-refractivity contribution in [3.05, 3.63) is 94.0 Å². The summed E-state index contributed by atoms with van der Waals surface area (Å²) >= 11 is 8.64. The number of hydrogen-bond donors (Lipinski definition) is 1. The third-order valence-electron chi connectivity index (χ3n) is 6.94. The zero-order valence-electron chi connectivity index (χ0n) is 24.3. The van der Waals surface area contributed by atoms with Gasteiger partial charge in [0.25, 0.3) is 5.78 Å². The SMILES string of the molecule is CCCCOc1ccc(C2/C(=C(/O)c3ccc(OC)cc3)C(=O)C(=O)N2c2nnc(SCc3ccc(Cl)cc3)s2)cc1OC. The van der Waals surface area contributed by atoms with Gasteiger partial charge in [-0.2, -0.15) is 0 Å². The molecule has 1 aromatic heterocycles. The summed E-state index contributed by atoms with van der Waals surface area (Å²) in [4.78, 5) is 28.5. The maximum absolute atomic E-state index is 13.6. The van der Waals surface area contributed by atoms with Gasteiger partial charge in [-0.3, -0.25) is 14.5 Å². The quantitative estimate of drug-likeness (QED) is 0.0421. The van der Waals surface area contributed by atoms with Crippen LogP contribution in [0.5, 0.6) is 17.2 Å². The largest absolute Gasteiger partial charge is 0.507 e. The van der Waals surface area contributed by atoms with Gasteiger partial charge in [0.1, 0.15) is 11.5 Å². The molecule has 1 aliphatic rings. The van der Waals surface area contributed by atoms with Crippen molar-refractivity contribution in [3.8, 4) is 17.2 Å². The van der Waals surface area contributed by atoms with Crippen molar-refractivity contribution < 1.29 is 28.9 Å². The molecule has 1 N–H and O–H groups in total.